The van der Waals surface area contributed by atoms with Crippen LogP contribution >= 0.6 is 11.3 Å². The molecule has 3 N–H and O–H groups in total. The largest absolute Gasteiger partial charge is 0.393 e. The fraction of sp³-hybridized carbons (Fsp3) is 0.714. The summed E-state index contributed by atoms with van der Waals surface area (Å²) in [5.74, 6) is 0. The predicted molar refractivity (Wildman–Crippen MR) is 80.0 cm³/mol. The molecular weight excluding hydrogens is 274 g/mol. The van der Waals surface area contributed by atoms with Crippen molar-refractivity contribution in [2.75, 3.05) is 6.54 Å². The van der Waals surface area contributed by atoms with Gasteiger partial charge in [-0.3, -0.25) is 0 Å². The molecule has 1 aromatic rings. The van der Waals surface area contributed by atoms with E-state index in [4.69, 9.17) is 0 Å². The summed E-state index contributed by atoms with van der Waals surface area (Å²) in [6, 6.07) is 0.0849. The van der Waals surface area contributed by atoms with Crippen molar-refractivity contribution in [3.05, 3.63) is 16.1 Å². The number of aliphatic hydroxyl groups is 1. The van der Waals surface area contributed by atoms with E-state index in [9.17, 15) is 9.90 Å². The minimum Gasteiger partial charge on any atom is -0.393 e. The van der Waals surface area contributed by atoms with Crippen LogP contribution in [0.15, 0.2) is 5.38 Å². The molecule has 0 bridgehead atoms. The molecule has 0 atom stereocenters. The number of amides is 2. The number of aliphatic hydroxyl groups excluding tert-OH is 1. The number of aromatic nitrogens is 1. The van der Waals surface area contributed by atoms with Gasteiger partial charge in [0, 0.05) is 24.4 Å². The Balaban J connectivity index is 1.62. The third-order valence-corrected chi connectivity index (χ3v) is 4.64. The van der Waals surface area contributed by atoms with Crippen LogP contribution in [0.25, 0.3) is 0 Å². The molecular formula is C14H23N3O2S. The highest BCUT2D eigenvalue weighted by Gasteiger charge is 2.20. The number of thiazole rings is 1. The first kappa shape index (κ1) is 15.3. The van der Waals surface area contributed by atoms with E-state index >= 15 is 0 Å². The van der Waals surface area contributed by atoms with Crippen molar-refractivity contribution in [1.29, 1.82) is 0 Å². The first-order chi connectivity index (χ1) is 9.67. The van der Waals surface area contributed by atoms with E-state index in [-0.39, 0.29) is 18.2 Å². The van der Waals surface area contributed by atoms with Crippen molar-refractivity contribution in [1.82, 2.24) is 15.6 Å². The molecule has 6 heteroatoms. The van der Waals surface area contributed by atoms with Crippen LogP contribution in [-0.4, -0.2) is 34.8 Å². The van der Waals surface area contributed by atoms with Gasteiger partial charge in [-0.15, -0.1) is 11.3 Å². The van der Waals surface area contributed by atoms with Crippen LogP contribution in [0.2, 0.25) is 0 Å². The van der Waals surface area contributed by atoms with Gasteiger partial charge in [0.05, 0.1) is 16.8 Å². The van der Waals surface area contributed by atoms with Crippen molar-refractivity contribution < 1.29 is 9.90 Å². The van der Waals surface area contributed by atoms with Crippen LogP contribution in [0, 0.1) is 0 Å². The number of hydrogen-bond acceptors (Lipinski definition) is 4. The maximum Gasteiger partial charge on any atom is 0.315 e. The Morgan fingerprint density at radius 1 is 1.45 bits per heavy atom. The molecule has 0 unspecified atom stereocenters. The zero-order chi connectivity index (χ0) is 14.4. The summed E-state index contributed by atoms with van der Waals surface area (Å²) in [6.07, 6.45) is 4.83. The Bertz CT molecular complexity index is 428. The van der Waals surface area contributed by atoms with Gasteiger partial charge in [0.15, 0.2) is 0 Å². The molecule has 20 heavy (non-hydrogen) atoms. The summed E-state index contributed by atoms with van der Waals surface area (Å²) in [5, 5.41) is 18.4. The fourth-order valence-corrected chi connectivity index (χ4v) is 3.17. The number of rotatable bonds is 5. The highest BCUT2D eigenvalue weighted by molar-refractivity contribution is 7.09. The molecule has 112 valence electrons. The van der Waals surface area contributed by atoms with Gasteiger partial charge < -0.3 is 15.7 Å². The molecule has 0 aromatic carbocycles. The van der Waals surface area contributed by atoms with E-state index in [1.165, 1.54) is 0 Å². The minimum atomic E-state index is -0.187. The van der Waals surface area contributed by atoms with Crippen LogP contribution < -0.4 is 10.6 Å². The van der Waals surface area contributed by atoms with E-state index in [1.807, 2.05) is 0 Å². The third kappa shape index (κ3) is 4.76. The normalized spacial score (nSPS) is 22.5. The summed E-state index contributed by atoms with van der Waals surface area (Å²) in [5.41, 5.74) is 1.05. The third-order valence-electron chi connectivity index (χ3n) is 3.60. The topological polar surface area (TPSA) is 74.2 Å². The maximum atomic E-state index is 11.7. The van der Waals surface area contributed by atoms with Gasteiger partial charge >= 0.3 is 6.03 Å². The Hall–Kier alpha value is -1.14. The molecule has 0 spiro atoms. The predicted octanol–water partition coefficient (Wildman–Crippen LogP) is 1.85. The second-order valence-corrected chi connectivity index (χ2v) is 6.18. The number of carbonyl (C=O) groups excluding carboxylic acids is 1. The molecule has 2 amide bonds. The lowest BCUT2D eigenvalue weighted by molar-refractivity contribution is 0.117. The summed E-state index contributed by atoms with van der Waals surface area (Å²) >= 11 is 1.67. The summed E-state index contributed by atoms with van der Waals surface area (Å²) < 4.78 is 0. The molecule has 1 aromatic heterocycles. The molecule has 0 aliphatic heterocycles. The molecule has 5 nitrogen and oxygen atoms in total. The SMILES string of the molecule is CCc1nc(CCNC(=O)NC2CCC(O)CC2)cs1. The lowest BCUT2D eigenvalue weighted by Crippen LogP contribution is -2.44. The number of urea groups is 1. The summed E-state index contributed by atoms with van der Waals surface area (Å²) in [6.45, 7) is 2.70. The first-order valence-electron chi connectivity index (χ1n) is 7.33. The van der Waals surface area contributed by atoms with Crippen LogP contribution in [0.1, 0.15) is 43.3 Å². The Morgan fingerprint density at radius 2 is 2.20 bits per heavy atom. The Morgan fingerprint density at radius 3 is 2.85 bits per heavy atom. The molecule has 0 saturated heterocycles. The molecule has 1 fully saturated rings. The Labute approximate surface area is 123 Å². The molecule has 1 heterocycles. The minimum absolute atomic E-state index is 0.114. The fourth-order valence-electron chi connectivity index (χ4n) is 2.39. The zero-order valence-corrected chi connectivity index (χ0v) is 12.7. The average molecular weight is 297 g/mol. The maximum absolute atomic E-state index is 11.7. The molecule has 0 radical (unpaired) electrons. The second kappa shape index (κ2) is 7.59. The van der Waals surface area contributed by atoms with E-state index in [0.717, 1.165) is 49.2 Å². The van der Waals surface area contributed by atoms with Gasteiger partial charge in [-0.05, 0) is 32.1 Å². The van der Waals surface area contributed by atoms with Crippen LogP contribution in [0.5, 0.6) is 0 Å². The summed E-state index contributed by atoms with van der Waals surface area (Å²) in [4.78, 5) is 16.2. The molecule has 1 aliphatic carbocycles. The number of hydrogen-bond donors (Lipinski definition) is 3. The second-order valence-electron chi connectivity index (χ2n) is 5.24. The van der Waals surface area contributed by atoms with E-state index in [1.54, 1.807) is 11.3 Å². The van der Waals surface area contributed by atoms with Crippen LogP contribution in [0.4, 0.5) is 4.79 Å². The quantitative estimate of drug-likeness (QED) is 0.776. The van der Waals surface area contributed by atoms with E-state index in [0.29, 0.717) is 6.54 Å². The van der Waals surface area contributed by atoms with Gasteiger partial charge in [0.1, 0.15) is 0 Å². The van der Waals surface area contributed by atoms with Gasteiger partial charge in [0.25, 0.3) is 0 Å². The van der Waals surface area contributed by atoms with Crippen LogP contribution in [-0.2, 0) is 12.8 Å². The van der Waals surface area contributed by atoms with Crippen molar-refractivity contribution >= 4 is 17.4 Å². The summed E-state index contributed by atoms with van der Waals surface area (Å²) in [7, 11) is 0. The van der Waals surface area contributed by atoms with E-state index in [2.05, 4.69) is 27.9 Å². The lowest BCUT2D eigenvalue weighted by atomic mass is 9.93. The standard InChI is InChI=1S/C14H23N3O2S/c1-2-13-16-11(9-20-13)7-8-15-14(19)17-10-3-5-12(18)6-4-10/h9-10,12,18H,2-8H2,1H3,(H2,15,17,19). The number of nitrogens with zero attached hydrogens (tertiary/aromatic N) is 1. The van der Waals surface area contributed by atoms with Gasteiger partial charge in [-0.25, -0.2) is 9.78 Å². The van der Waals surface area contributed by atoms with Crippen molar-refractivity contribution in [3.8, 4) is 0 Å². The van der Waals surface area contributed by atoms with Crippen molar-refractivity contribution in [2.45, 2.75) is 57.6 Å². The molecule has 2 rings (SSSR count). The number of aryl methyl sites for hydroxylation is 1. The molecule has 1 saturated carbocycles. The highest BCUT2D eigenvalue weighted by Crippen LogP contribution is 2.18. The zero-order valence-electron chi connectivity index (χ0n) is 11.9. The Kier molecular flexibility index (Phi) is 5.79. The van der Waals surface area contributed by atoms with Gasteiger partial charge in [0.2, 0.25) is 0 Å². The molecule has 1 aliphatic rings. The van der Waals surface area contributed by atoms with Crippen molar-refractivity contribution in [2.24, 2.45) is 0 Å². The highest BCUT2D eigenvalue weighted by atomic mass is 32.1. The average Bonchev–Trinajstić information content (AvgIpc) is 2.89. The number of carbonyl (C=O) groups is 1. The number of nitrogens with one attached hydrogen (secondary N) is 2. The van der Waals surface area contributed by atoms with Crippen molar-refractivity contribution in [3.63, 3.8) is 0 Å². The lowest BCUT2D eigenvalue weighted by Gasteiger charge is -2.26. The monoisotopic (exact) mass is 297 g/mol. The van der Waals surface area contributed by atoms with Crippen LogP contribution in [0.3, 0.4) is 0 Å². The smallest absolute Gasteiger partial charge is 0.315 e. The first-order valence-corrected chi connectivity index (χ1v) is 8.21. The van der Waals surface area contributed by atoms with Gasteiger partial charge in [-0.1, -0.05) is 6.92 Å². The van der Waals surface area contributed by atoms with Gasteiger partial charge in [-0.2, -0.15) is 0 Å². The van der Waals surface area contributed by atoms with E-state index < -0.39 is 0 Å².